The predicted octanol–water partition coefficient (Wildman–Crippen LogP) is 3.12. The van der Waals surface area contributed by atoms with Crippen molar-refractivity contribution in [3.05, 3.63) is 65.5 Å². The smallest absolute Gasteiger partial charge is 0.126 e. The van der Waals surface area contributed by atoms with Crippen LogP contribution in [0, 0.1) is 5.82 Å². The summed E-state index contributed by atoms with van der Waals surface area (Å²) < 4.78 is 13.3. The van der Waals surface area contributed by atoms with Crippen molar-refractivity contribution in [3.8, 4) is 5.75 Å². The van der Waals surface area contributed by atoms with Crippen molar-refractivity contribution in [3.63, 3.8) is 0 Å². The van der Waals surface area contributed by atoms with E-state index in [-0.39, 0.29) is 11.6 Å². The first kappa shape index (κ1) is 9.71. The Bertz CT molecular complexity index is 448. The minimum Gasteiger partial charge on any atom is -0.508 e. The molecule has 2 rings (SSSR count). The molecule has 0 aliphatic heterocycles. The van der Waals surface area contributed by atoms with Crippen LogP contribution in [-0.4, -0.2) is 5.11 Å². The average molecular weight is 202 g/mol. The molecular formula is C13H11FO. The van der Waals surface area contributed by atoms with E-state index < -0.39 is 0 Å². The molecule has 2 heteroatoms. The van der Waals surface area contributed by atoms with E-state index in [1.54, 1.807) is 36.4 Å². The van der Waals surface area contributed by atoms with Crippen molar-refractivity contribution in [2.45, 2.75) is 6.42 Å². The van der Waals surface area contributed by atoms with E-state index in [1.807, 2.05) is 6.07 Å². The number of rotatable bonds is 2. The van der Waals surface area contributed by atoms with Gasteiger partial charge in [0.15, 0.2) is 0 Å². The molecule has 0 amide bonds. The summed E-state index contributed by atoms with van der Waals surface area (Å²) in [6, 6.07) is 13.5. The zero-order valence-electron chi connectivity index (χ0n) is 8.15. The van der Waals surface area contributed by atoms with E-state index in [9.17, 15) is 4.39 Å². The maximum atomic E-state index is 13.3. The fraction of sp³-hybridized carbons (Fsp3) is 0.0769. The fourth-order valence-corrected chi connectivity index (χ4v) is 1.48. The number of phenolic OH excluding ortho intramolecular Hbond substituents is 1. The van der Waals surface area contributed by atoms with Crippen LogP contribution in [0.25, 0.3) is 0 Å². The molecule has 0 aliphatic carbocycles. The lowest BCUT2D eigenvalue weighted by atomic mass is 10.0. The van der Waals surface area contributed by atoms with Crippen LogP contribution in [0.5, 0.6) is 5.75 Å². The highest BCUT2D eigenvalue weighted by molar-refractivity contribution is 5.31. The summed E-state index contributed by atoms with van der Waals surface area (Å²) >= 11 is 0. The zero-order chi connectivity index (χ0) is 10.7. The van der Waals surface area contributed by atoms with Crippen LogP contribution in [0.2, 0.25) is 0 Å². The first-order chi connectivity index (χ1) is 7.25. The highest BCUT2D eigenvalue weighted by atomic mass is 19.1. The average Bonchev–Trinajstić information content (AvgIpc) is 2.25. The molecule has 0 bridgehead atoms. The van der Waals surface area contributed by atoms with Gasteiger partial charge in [0.25, 0.3) is 0 Å². The summed E-state index contributed by atoms with van der Waals surface area (Å²) in [6.45, 7) is 0. The molecule has 0 fully saturated rings. The molecule has 0 unspecified atom stereocenters. The van der Waals surface area contributed by atoms with Gasteiger partial charge in [-0.3, -0.25) is 0 Å². The van der Waals surface area contributed by atoms with Crippen molar-refractivity contribution >= 4 is 0 Å². The lowest BCUT2D eigenvalue weighted by molar-refractivity contribution is 0.475. The Labute approximate surface area is 87.8 Å². The molecule has 0 spiro atoms. The van der Waals surface area contributed by atoms with E-state index in [2.05, 4.69) is 0 Å². The Morgan fingerprint density at radius 2 is 1.60 bits per heavy atom. The van der Waals surface area contributed by atoms with Gasteiger partial charge in [0.05, 0.1) is 0 Å². The van der Waals surface area contributed by atoms with Gasteiger partial charge in [0, 0.05) is 6.42 Å². The second kappa shape index (κ2) is 4.13. The summed E-state index contributed by atoms with van der Waals surface area (Å²) in [5.74, 6) is 0.0397. The van der Waals surface area contributed by atoms with Gasteiger partial charge in [-0.25, -0.2) is 4.39 Å². The van der Waals surface area contributed by atoms with Crippen molar-refractivity contribution in [2.75, 3.05) is 0 Å². The van der Waals surface area contributed by atoms with E-state index in [0.717, 1.165) is 5.56 Å². The van der Waals surface area contributed by atoms with Gasteiger partial charge < -0.3 is 5.11 Å². The highest BCUT2D eigenvalue weighted by Crippen LogP contribution is 2.15. The van der Waals surface area contributed by atoms with Crippen LogP contribution >= 0.6 is 0 Å². The SMILES string of the molecule is Oc1ccc(Cc2ccccc2F)cc1. The first-order valence-electron chi connectivity index (χ1n) is 4.77. The quantitative estimate of drug-likeness (QED) is 0.793. The normalized spacial score (nSPS) is 10.2. The van der Waals surface area contributed by atoms with Gasteiger partial charge in [-0.1, -0.05) is 30.3 Å². The summed E-state index contributed by atoms with van der Waals surface area (Å²) in [5, 5.41) is 9.10. The maximum absolute atomic E-state index is 13.3. The molecule has 76 valence electrons. The second-order valence-corrected chi connectivity index (χ2v) is 3.43. The zero-order valence-corrected chi connectivity index (χ0v) is 8.15. The summed E-state index contributed by atoms with van der Waals surface area (Å²) in [5.41, 5.74) is 1.65. The largest absolute Gasteiger partial charge is 0.508 e. The van der Waals surface area contributed by atoms with Gasteiger partial charge in [0.2, 0.25) is 0 Å². The molecule has 0 saturated carbocycles. The molecule has 0 saturated heterocycles. The molecule has 2 aromatic rings. The lowest BCUT2D eigenvalue weighted by Crippen LogP contribution is -1.91. The Morgan fingerprint density at radius 3 is 2.27 bits per heavy atom. The van der Waals surface area contributed by atoms with Crippen LogP contribution < -0.4 is 0 Å². The molecule has 0 radical (unpaired) electrons. The molecule has 1 N–H and O–H groups in total. The van der Waals surface area contributed by atoms with Crippen LogP contribution in [0.15, 0.2) is 48.5 Å². The van der Waals surface area contributed by atoms with E-state index in [4.69, 9.17) is 5.11 Å². The van der Waals surface area contributed by atoms with Crippen LogP contribution in [0.4, 0.5) is 4.39 Å². The third-order valence-electron chi connectivity index (χ3n) is 2.29. The number of hydrogen-bond acceptors (Lipinski definition) is 1. The van der Waals surface area contributed by atoms with Gasteiger partial charge in [-0.2, -0.15) is 0 Å². The van der Waals surface area contributed by atoms with Crippen molar-refractivity contribution in [1.29, 1.82) is 0 Å². The third-order valence-corrected chi connectivity index (χ3v) is 2.29. The van der Waals surface area contributed by atoms with Crippen molar-refractivity contribution < 1.29 is 9.50 Å². The second-order valence-electron chi connectivity index (χ2n) is 3.43. The molecular weight excluding hydrogens is 191 g/mol. The van der Waals surface area contributed by atoms with Crippen molar-refractivity contribution in [2.24, 2.45) is 0 Å². The molecule has 0 aromatic heterocycles. The first-order valence-corrected chi connectivity index (χ1v) is 4.77. The summed E-state index contributed by atoms with van der Waals surface area (Å²) in [7, 11) is 0. The van der Waals surface area contributed by atoms with Crippen LogP contribution in [-0.2, 0) is 6.42 Å². The number of halogens is 1. The molecule has 2 aromatic carbocycles. The standard InChI is InChI=1S/C13H11FO/c14-13-4-2-1-3-11(13)9-10-5-7-12(15)8-6-10/h1-8,15H,9H2. The maximum Gasteiger partial charge on any atom is 0.126 e. The minimum absolute atomic E-state index is 0.189. The molecule has 0 atom stereocenters. The third kappa shape index (κ3) is 2.34. The fourth-order valence-electron chi connectivity index (χ4n) is 1.48. The highest BCUT2D eigenvalue weighted by Gasteiger charge is 2.01. The topological polar surface area (TPSA) is 20.2 Å². The van der Waals surface area contributed by atoms with Crippen LogP contribution in [0.3, 0.4) is 0 Å². The van der Waals surface area contributed by atoms with Gasteiger partial charge >= 0.3 is 0 Å². The Hall–Kier alpha value is -1.83. The van der Waals surface area contributed by atoms with E-state index in [1.165, 1.54) is 6.07 Å². The number of benzene rings is 2. The Morgan fingerprint density at radius 1 is 0.933 bits per heavy atom. The molecule has 0 heterocycles. The van der Waals surface area contributed by atoms with Crippen LogP contribution in [0.1, 0.15) is 11.1 Å². The molecule has 15 heavy (non-hydrogen) atoms. The van der Waals surface area contributed by atoms with E-state index >= 15 is 0 Å². The van der Waals surface area contributed by atoms with Gasteiger partial charge in [-0.05, 0) is 29.3 Å². The van der Waals surface area contributed by atoms with Gasteiger partial charge in [-0.15, -0.1) is 0 Å². The van der Waals surface area contributed by atoms with Gasteiger partial charge in [0.1, 0.15) is 11.6 Å². The minimum atomic E-state index is -0.189. The van der Waals surface area contributed by atoms with Crippen molar-refractivity contribution in [1.82, 2.24) is 0 Å². The number of aromatic hydroxyl groups is 1. The molecule has 0 aliphatic rings. The monoisotopic (exact) mass is 202 g/mol. The molecule has 1 nitrogen and oxygen atoms in total. The Balaban J connectivity index is 2.22. The predicted molar refractivity (Wildman–Crippen MR) is 57.3 cm³/mol. The number of phenols is 1. The summed E-state index contributed by atoms with van der Waals surface area (Å²) in [6.07, 6.45) is 0.549. The summed E-state index contributed by atoms with van der Waals surface area (Å²) in [4.78, 5) is 0. The lowest BCUT2D eigenvalue weighted by Gasteiger charge is -2.03. The van der Waals surface area contributed by atoms with E-state index in [0.29, 0.717) is 12.0 Å². The number of hydrogen-bond donors (Lipinski definition) is 1. The Kier molecular flexibility index (Phi) is 2.68.